The molecule has 6 heteroatoms. The Kier molecular flexibility index (Phi) is 9.37. The molecule has 0 heterocycles. The van der Waals surface area contributed by atoms with Crippen molar-refractivity contribution in [1.82, 2.24) is 0 Å². The quantitative estimate of drug-likeness (QED) is 0.186. The zero-order chi connectivity index (χ0) is 30.8. The Hall–Kier alpha value is -2.98. The summed E-state index contributed by atoms with van der Waals surface area (Å²) in [5, 5.41) is 14.9. The number of phenolic OH excluding ortho intramolecular Hbond substituents is 1. The van der Waals surface area contributed by atoms with Crippen LogP contribution in [0.5, 0.6) is 5.75 Å². The van der Waals surface area contributed by atoms with Gasteiger partial charge in [-0.15, -0.1) is 0 Å². The highest BCUT2D eigenvalue weighted by Crippen LogP contribution is 2.59. The van der Waals surface area contributed by atoms with Crippen molar-refractivity contribution < 1.29 is 18.1 Å². The van der Waals surface area contributed by atoms with E-state index in [2.05, 4.69) is 91.0 Å². The highest BCUT2D eigenvalue weighted by atomic mass is 32.2. The maximum Gasteiger partial charge on any atom is 0.124 e. The lowest BCUT2D eigenvalue weighted by Gasteiger charge is -2.28. The third-order valence-electron chi connectivity index (χ3n) is 7.81. The minimum absolute atomic E-state index is 0.0624. The van der Waals surface area contributed by atoms with Crippen LogP contribution in [0.25, 0.3) is 0 Å². The summed E-state index contributed by atoms with van der Waals surface area (Å²) in [5.74, 6) is 0.955. The molecule has 1 aliphatic carbocycles. The van der Waals surface area contributed by atoms with Crippen molar-refractivity contribution >= 4 is 33.3 Å². The number of aromatic hydroxyl groups is 1. The summed E-state index contributed by atoms with van der Waals surface area (Å²) in [5.41, 5.74) is 0.0268. The van der Waals surface area contributed by atoms with Gasteiger partial charge in [0.05, 0.1) is 11.1 Å². The topological polar surface area (TPSA) is 77.4 Å². The molecule has 1 aliphatic rings. The van der Waals surface area contributed by atoms with Gasteiger partial charge in [0.2, 0.25) is 0 Å². The summed E-state index contributed by atoms with van der Waals surface area (Å²) < 4.78 is 33.8. The van der Waals surface area contributed by atoms with Crippen molar-refractivity contribution in [2.24, 2.45) is 5.92 Å². The summed E-state index contributed by atoms with van der Waals surface area (Å²) in [4.78, 5) is -0.292. The van der Waals surface area contributed by atoms with Crippen LogP contribution in [0.15, 0.2) is 108 Å². The second-order valence-corrected chi connectivity index (χ2v) is 18.2. The molecule has 5 rings (SSSR count). The smallest absolute Gasteiger partial charge is 0.124 e. The van der Waals surface area contributed by atoms with Gasteiger partial charge in [-0.25, -0.2) is 8.42 Å². The SMILES string of the molecule is CC(C)(C)c1cc(S(=O)(=O)[O-])cc(C(C)(C)C)c1O.c1ccc([P+](CC2CC2)(c2ccccc2)c2ccccc2)cc1. The standard InChI is InChI=1S/C22H22P.C14H22O4S/c1-4-10-20(11-5-1)23(18-19-16-17-19,21-12-6-2-7-13-21)22-14-8-3-9-15-22;1-13(2,3)10-7-9(19(16,17)18)8-11(12(10)15)14(4,5)6/h1-15,19H,16-18H2;7-8,15H,1-6H3,(H,16,17,18)/q+1;/p-1. The van der Waals surface area contributed by atoms with Gasteiger partial charge in [-0.2, -0.15) is 0 Å². The zero-order valence-electron chi connectivity index (χ0n) is 25.5. The maximum absolute atomic E-state index is 11.3. The van der Waals surface area contributed by atoms with Crippen molar-refractivity contribution in [3.05, 3.63) is 114 Å². The van der Waals surface area contributed by atoms with Gasteiger partial charge in [0.15, 0.2) is 0 Å². The van der Waals surface area contributed by atoms with Crippen LogP contribution in [0.2, 0.25) is 0 Å². The molecule has 4 aromatic rings. The molecular formula is C36H43O4PS. The number of hydrogen-bond acceptors (Lipinski definition) is 4. The Morgan fingerprint density at radius 2 is 1.02 bits per heavy atom. The normalized spacial score (nSPS) is 14.2. The van der Waals surface area contributed by atoms with E-state index in [-0.39, 0.29) is 10.6 Å². The molecule has 4 aromatic carbocycles. The fourth-order valence-corrected chi connectivity index (χ4v) is 10.6. The van der Waals surface area contributed by atoms with Crippen molar-refractivity contribution in [3.8, 4) is 5.75 Å². The molecule has 42 heavy (non-hydrogen) atoms. The lowest BCUT2D eigenvalue weighted by atomic mass is 9.79. The summed E-state index contributed by atoms with van der Waals surface area (Å²) >= 11 is 0. The summed E-state index contributed by atoms with van der Waals surface area (Å²) in [6, 6.07) is 36.2. The molecule has 222 valence electrons. The van der Waals surface area contributed by atoms with Crippen LogP contribution in [-0.4, -0.2) is 24.2 Å². The fourth-order valence-electron chi connectivity index (χ4n) is 5.39. The zero-order valence-corrected chi connectivity index (χ0v) is 27.3. The Bertz CT molecular complexity index is 1450. The predicted molar refractivity (Wildman–Crippen MR) is 176 cm³/mol. The Balaban J connectivity index is 0.000000198. The van der Waals surface area contributed by atoms with Gasteiger partial charge >= 0.3 is 0 Å². The third-order valence-corrected chi connectivity index (χ3v) is 13.2. The van der Waals surface area contributed by atoms with Crippen LogP contribution in [0.1, 0.15) is 65.5 Å². The first kappa shape index (κ1) is 31.9. The highest BCUT2D eigenvalue weighted by Gasteiger charge is 2.48. The highest BCUT2D eigenvalue weighted by molar-refractivity contribution is 7.95. The number of benzene rings is 4. The van der Waals surface area contributed by atoms with E-state index in [1.165, 1.54) is 47.0 Å². The second-order valence-electron chi connectivity index (χ2n) is 13.3. The van der Waals surface area contributed by atoms with Crippen LogP contribution >= 0.6 is 7.26 Å². The molecule has 1 N–H and O–H groups in total. The summed E-state index contributed by atoms with van der Waals surface area (Å²) in [6.45, 7) is 11.1. The van der Waals surface area contributed by atoms with E-state index in [1.54, 1.807) is 0 Å². The van der Waals surface area contributed by atoms with Gasteiger partial charge in [-0.3, -0.25) is 0 Å². The first-order chi connectivity index (χ1) is 19.6. The molecule has 0 bridgehead atoms. The lowest BCUT2D eigenvalue weighted by molar-refractivity contribution is 0.420. The van der Waals surface area contributed by atoms with Gasteiger partial charge in [0.25, 0.3) is 0 Å². The monoisotopic (exact) mass is 602 g/mol. The van der Waals surface area contributed by atoms with Crippen molar-refractivity contribution in [3.63, 3.8) is 0 Å². The van der Waals surface area contributed by atoms with E-state index < -0.39 is 28.2 Å². The van der Waals surface area contributed by atoms with Crippen LogP contribution in [-0.2, 0) is 20.9 Å². The molecule has 4 nitrogen and oxygen atoms in total. The predicted octanol–water partition coefficient (Wildman–Crippen LogP) is 7.28. The Labute approximate surface area is 252 Å². The molecule has 1 saturated carbocycles. The number of phenols is 1. The lowest BCUT2D eigenvalue weighted by Crippen LogP contribution is -2.33. The maximum atomic E-state index is 11.3. The van der Waals surface area contributed by atoms with Crippen LogP contribution < -0.4 is 15.9 Å². The average Bonchev–Trinajstić information content (AvgIpc) is 3.76. The summed E-state index contributed by atoms with van der Waals surface area (Å²) in [7, 11) is -6.09. The van der Waals surface area contributed by atoms with Crippen molar-refractivity contribution in [2.75, 3.05) is 6.16 Å². The molecule has 0 unspecified atom stereocenters. The molecule has 0 saturated heterocycles. The summed E-state index contributed by atoms with van der Waals surface area (Å²) in [6.07, 6.45) is 4.10. The van der Waals surface area contributed by atoms with E-state index in [4.69, 9.17) is 0 Å². The van der Waals surface area contributed by atoms with E-state index >= 15 is 0 Å². The largest absolute Gasteiger partial charge is 0.744 e. The van der Waals surface area contributed by atoms with Gasteiger partial charge in [0.1, 0.15) is 39.0 Å². The number of hydrogen-bond donors (Lipinski definition) is 1. The van der Waals surface area contributed by atoms with Gasteiger partial charge in [0, 0.05) is 11.1 Å². The van der Waals surface area contributed by atoms with E-state index in [0.29, 0.717) is 11.1 Å². The first-order valence-corrected chi connectivity index (χ1v) is 17.9. The van der Waals surface area contributed by atoms with Crippen molar-refractivity contribution in [2.45, 2.75) is 70.1 Å². The van der Waals surface area contributed by atoms with Crippen LogP contribution in [0.3, 0.4) is 0 Å². The third kappa shape index (κ3) is 7.32. The molecule has 0 aliphatic heterocycles. The molecule has 0 aromatic heterocycles. The first-order valence-electron chi connectivity index (χ1n) is 14.5. The van der Waals surface area contributed by atoms with E-state index in [0.717, 1.165) is 5.92 Å². The molecule has 0 spiro atoms. The minimum atomic E-state index is -4.55. The van der Waals surface area contributed by atoms with E-state index in [9.17, 15) is 18.1 Å². The Morgan fingerprint density at radius 1 is 0.690 bits per heavy atom. The fraction of sp³-hybridized carbons (Fsp3) is 0.333. The number of rotatable bonds is 6. The molecule has 1 fully saturated rings. The molecule has 0 radical (unpaired) electrons. The van der Waals surface area contributed by atoms with E-state index in [1.807, 2.05) is 41.5 Å². The minimum Gasteiger partial charge on any atom is -0.744 e. The van der Waals surface area contributed by atoms with Crippen molar-refractivity contribution in [1.29, 1.82) is 0 Å². The average molecular weight is 603 g/mol. The Morgan fingerprint density at radius 3 is 1.29 bits per heavy atom. The van der Waals surface area contributed by atoms with Gasteiger partial charge < -0.3 is 9.66 Å². The molecule has 0 atom stereocenters. The van der Waals surface area contributed by atoms with Crippen LogP contribution in [0.4, 0.5) is 0 Å². The van der Waals surface area contributed by atoms with Gasteiger partial charge in [-0.05, 0) is 78.1 Å². The van der Waals surface area contributed by atoms with Gasteiger partial charge in [-0.1, -0.05) is 96.1 Å². The van der Waals surface area contributed by atoms with Crippen LogP contribution in [0, 0.1) is 5.92 Å². The molecule has 0 amide bonds. The second kappa shape index (κ2) is 12.3. The molecular weight excluding hydrogens is 559 g/mol.